The maximum Gasteiger partial charge on any atom is 0.269 e. The van der Waals surface area contributed by atoms with E-state index >= 15 is 0 Å². The van der Waals surface area contributed by atoms with Gasteiger partial charge in [-0.2, -0.15) is 0 Å². The highest BCUT2D eigenvalue weighted by Crippen LogP contribution is 2.14. The van der Waals surface area contributed by atoms with Crippen molar-refractivity contribution >= 4 is 35.6 Å². The fourth-order valence-electron chi connectivity index (χ4n) is 2.91. The van der Waals surface area contributed by atoms with E-state index in [1.165, 1.54) is 6.07 Å². The molecule has 1 aliphatic rings. The minimum atomic E-state index is -0.376. The van der Waals surface area contributed by atoms with Gasteiger partial charge >= 0.3 is 0 Å². The van der Waals surface area contributed by atoms with Gasteiger partial charge < -0.3 is 15.5 Å². The van der Waals surface area contributed by atoms with Crippen LogP contribution in [0.4, 0.5) is 5.69 Å². The minimum absolute atomic E-state index is 0. The van der Waals surface area contributed by atoms with Crippen molar-refractivity contribution in [2.45, 2.75) is 45.3 Å². The summed E-state index contributed by atoms with van der Waals surface area (Å²) in [6, 6.07) is 7.66. The monoisotopic (exact) mass is 461 g/mol. The van der Waals surface area contributed by atoms with Crippen molar-refractivity contribution in [2.24, 2.45) is 4.99 Å². The third kappa shape index (κ3) is 6.77. The van der Waals surface area contributed by atoms with Crippen LogP contribution in [0.2, 0.25) is 0 Å². The van der Waals surface area contributed by atoms with Gasteiger partial charge in [0.2, 0.25) is 0 Å². The van der Waals surface area contributed by atoms with Crippen molar-refractivity contribution in [2.75, 3.05) is 20.1 Å². The molecule has 0 aromatic heterocycles. The average molecular weight is 461 g/mol. The van der Waals surface area contributed by atoms with E-state index < -0.39 is 0 Å². The molecule has 7 nitrogen and oxygen atoms in total. The van der Waals surface area contributed by atoms with Gasteiger partial charge in [0.1, 0.15) is 0 Å². The van der Waals surface area contributed by atoms with Gasteiger partial charge in [0.25, 0.3) is 5.69 Å². The average Bonchev–Trinajstić information content (AvgIpc) is 2.59. The molecule has 0 aliphatic carbocycles. The molecule has 2 rings (SSSR count). The first kappa shape index (κ1) is 21.6. The molecule has 8 heteroatoms. The number of aliphatic imine (C=N–C) groups is 1. The van der Waals surface area contributed by atoms with Crippen LogP contribution in [0.5, 0.6) is 0 Å². The summed E-state index contributed by atoms with van der Waals surface area (Å²) in [5.41, 5.74) is 0.972. The van der Waals surface area contributed by atoms with Crippen LogP contribution in [0.25, 0.3) is 0 Å². The molecule has 0 atom stereocenters. The molecule has 0 radical (unpaired) electrons. The maximum atomic E-state index is 10.8. The van der Waals surface area contributed by atoms with Crippen LogP contribution in [0.3, 0.4) is 0 Å². The molecule has 0 saturated carbocycles. The minimum Gasteiger partial charge on any atom is -0.354 e. The lowest BCUT2D eigenvalue weighted by atomic mass is 10.0. The molecule has 1 aromatic carbocycles. The van der Waals surface area contributed by atoms with E-state index in [1.54, 1.807) is 19.2 Å². The summed E-state index contributed by atoms with van der Waals surface area (Å²) in [5, 5.41) is 17.5. The first-order valence-electron chi connectivity index (χ1n) is 8.44. The van der Waals surface area contributed by atoms with Crippen LogP contribution < -0.4 is 10.6 Å². The van der Waals surface area contributed by atoms with Crippen molar-refractivity contribution in [1.82, 2.24) is 15.5 Å². The molecule has 1 saturated heterocycles. The maximum absolute atomic E-state index is 10.8. The number of hydrogen-bond donors (Lipinski definition) is 2. The van der Waals surface area contributed by atoms with Gasteiger partial charge in [-0.25, -0.2) is 0 Å². The number of nitro groups is 1. The number of nitrogens with one attached hydrogen (secondary N) is 2. The lowest BCUT2D eigenvalue weighted by Gasteiger charge is -2.35. The highest BCUT2D eigenvalue weighted by atomic mass is 127. The van der Waals surface area contributed by atoms with Gasteiger partial charge in [-0.1, -0.05) is 12.1 Å². The van der Waals surface area contributed by atoms with Gasteiger partial charge in [0, 0.05) is 50.9 Å². The zero-order valence-electron chi connectivity index (χ0n) is 15.1. The summed E-state index contributed by atoms with van der Waals surface area (Å²) in [6.07, 6.45) is 2.19. The zero-order valence-corrected chi connectivity index (χ0v) is 17.4. The number of non-ortho nitro benzene ring substituents is 1. The van der Waals surface area contributed by atoms with Gasteiger partial charge in [-0.15, -0.1) is 24.0 Å². The number of hydrogen-bond acceptors (Lipinski definition) is 4. The number of benzene rings is 1. The first-order valence-corrected chi connectivity index (χ1v) is 8.44. The number of halogens is 1. The standard InChI is InChI=1S/C17H27N5O2.HI/c1-13(2)21-9-7-15(8-10-21)20-17(18-3)19-12-14-5-4-6-16(11-14)22(23)24;/h4-6,11,13,15H,7-10,12H2,1-3H3,(H2,18,19,20);1H. The van der Waals surface area contributed by atoms with E-state index in [0.29, 0.717) is 18.6 Å². The molecule has 25 heavy (non-hydrogen) atoms. The zero-order chi connectivity index (χ0) is 17.5. The fraction of sp³-hybridized carbons (Fsp3) is 0.588. The van der Waals surface area contributed by atoms with Gasteiger partial charge in [-0.05, 0) is 32.3 Å². The second-order valence-corrected chi connectivity index (χ2v) is 6.40. The summed E-state index contributed by atoms with van der Waals surface area (Å²) in [5.74, 6) is 0.740. The molecule has 140 valence electrons. The Hall–Kier alpha value is -1.42. The van der Waals surface area contributed by atoms with E-state index in [0.717, 1.165) is 37.5 Å². The molecule has 1 fully saturated rings. The lowest BCUT2D eigenvalue weighted by molar-refractivity contribution is -0.384. The van der Waals surface area contributed by atoms with Crippen LogP contribution in [-0.2, 0) is 6.54 Å². The molecule has 0 unspecified atom stereocenters. The van der Waals surface area contributed by atoms with Crippen molar-refractivity contribution in [3.63, 3.8) is 0 Å². The Morgan fingerprint density at radius 1 is 1.40 bits per heavy atom. The summed E-state index contributed by atoms with van der Waals surface area (Å²) in [4.78, 5) is 17.2. The Labute approximate surface area is 166 Å². The van der Waals surface area contributed by atoms with Gasteiger partial charge in [-0.3, -0.25) is 15.1 Å². The lowest BCUT2D eigenvalue weighted by Crippen LogP contribution is -2.49. The quantitative estimate of drug-likeness (QED) is 0.232. The summed E-state index contributed by atoms with van der Waals surface area (Å²) >= 11 is 0. The third-order valence-electron chi connectivity index (χ3n) is 4.41. The number of rotatable bonds is 5. The fourth-order valence-corrected chi connectivity index (χ4v) is 2.91. The molecule has 0 spiro atoms. The second-order valence-electron chi connectivity index (χ2n) is 6.40. The Morgan fingerprint density at radius 2 is 2.08 bits per heavy atom. The number of piperidine rings is 1. The van der Waals surface area contributed by atoms with Crippen molar-refractivity contribution in [3.05, 3.63) is 39.9 Å². The first-order chi connectivity index (χ1) is 11.5. The highest BCUT2D eigenvalue weighted by Gasteiger charge is 2.21. The summed E-state index contributed by atoms with van der Waals surface area (Å²) < 4.78 is 0. The summed E-state index contributed by atoms with van der Waals surface area (Å²) in [6.45, 7) is 7.15. The number of likely N-dealkylation sites (tertiary alicyclic amines) is 1. The Balaban J connectivity index is 0.00000312. The van der Waals surface area contributed by atoms with Gasteiger partial charge in [0.05, 0.1) is 4.92 Å². The predicted octanol–water partition coefficient (Wildman–Crippen LogP) is 2.75. The molecule has 1 heterocycles. The molecule has 1 aromatic rings. The number of nitrogens with zero attached hydrogens (tertiary/aromatic N) is 3. The number of nitro benzene ring substituents is 1. The molecule has 0 bridgehead atoms. The molecule has 0 amide bonds. The SMILES string of the molecule is CN=C(NCc1cccc([N+](=O)[O-])c1)NC1CCN(C(C)C)CC1.I. The Bertz CT molecular complexity index is 586. The van der Waals surface area contributed by atoms with E-state index in [4.69, 9.17) is 0 Å². The van der Waals surface area contributed by atoms with Gasteiger partial charge in [0.15, 0.2) is 5.96 Å². The Kier molecular flexibility index (Phi) is 9.12. The smallest absolute Gasteiger partial charge is 0.269 e. The third-order valence-corrected chi connectivity index (χ3v) is 4.41. The summed E-state index contributed by atoms with van der Waals surface area (Å²) in [7, 11) is 1.74. The van der Waals surface area contributed by atoms with Crippen LogP contribution in [0.1, 0.15) is 32.3 Å². The topological polar surface area (TPSA) is 82.8 Å². The van der Waals surface area contributed by atoms with Crippen molar-refractivity contribution in [1.29, 1.82) is 0 Å². The predicted molar refractivity (Wildman–Crippen MR) is 112 cm³/mol. The molecular weight excluding hydrogens is 433 g/mol. The largest absolute Gasteiger partial charge is 0.354 e. The normalized spacial score (nSPS) is 16.4. The van der Waals surface area contributed by atoms with E-state index in [2.05, 4.69) is 34.4 Å². The Morgan fingerprint density at radius 3 is 2.64 bits per heavy atom. The molecule has 2 N–H and O–H groups in total. The van der Waals surface area contributed by atoms with Crippen LogP contribution >= 0.6 is 24.0 Å². The van der Waals surface area contributed by atoms with Crippen LogP contribution in [-0.4, -0.2) is 48.0 Å². The van der Waals surface area contributed by atoms with Crippen molar-refractivity contribution < 1.29 is 4.92 Å². The highest BCUT2D eigenvalue weighted by molar-refractivity contribution is 14.0. The molecule has 1 aliphatic heterocycles. The second kappa shape index (κ2) is 10.5. The van der Waals surface area contributed by atoms with E-state index in [1.807, 2.05) is 6.07 Å². The van der Waals surface area contributed by atoms with Crippen LogP contribution in [0, 0.1) is 10.1 Å². The molecular formula is C17H28IN5O2. The van der Waals surface area contributed by atoms with E-state index in [-0.39, 0.29) is 34.6 Å². The number of guanidine groups is 1. The van der Waals surface area contributed by atoms with Crippen LogP contribution in [0.15, 0.2) is 29.3 Å². The van der Waals surface area contributed by atoms with Crippen molar-refractivity contribution in [3.8, 4) is 0 Å². The van der Waals surface area contributed by atoms with E-state index in [9.17, 15) is 10.1 Å².